The topological polar surface area (TPSA) is 84.3 Å². The highest BCUT2D eigenvalue weighted by atomic mass is 35.5. The molecular weight excluding hydrogens is 362 g/mol. The summed E-state index contributed by atoms with van der Waals surface area (Å²) in [6, 6.07) is 10.3. The van der Waals surface area contributed by atoms with Crippen molar-refractivity contribution in [3.05, 3.63) is 53.8 Å². The minimum absolute atomic E-state index is 0.209. The van der Waals surface area contributed by atoms with Crippen molar-refractivity contribution in [2.45, 2.75) is 26.3 Å². The van der Waals surface area contributed by atoms with E-state index in [9.17, 15) is 0 Å². The molecule has 138 valence electrons. The Morgan fingerprint density at radius 2 is 1.96 bits per heavy atom. The molecule has 4 aromatic rings. The molecule has 2 N–H and O–H groups in total. The Hall–Kier alpha value is -2.93. The zero-order valence-corrected chi connectivity index (χ0v) is 15.9. The molecule has 0 saturated carbocycles. The maximum absolute atomic E-state index is 6.10. The molecule has 0 atom stereocenters. The Kier molecular flexibility index (Phi) is 4.77. The van der Waals surface area contributed by atoms with E-state index in [-0.39, 0.29) is 11.3 Å². The number of nitrogens with one attached hydrogen (secondary N) is 2. The lowest BCUT2D eigenvalue weighted by atomic mass is 10.2. The maximum atomic E-state index is 6.10. The van der Waals surface area contributed by atoms with Crippen LogP contribution in [0.5, 0.6) is 0 Å². The molecule has 0 saturated heterocycles. The second kappa shape index (κ2) is 7.36. The summed E-state index contributed by atoms with van der Waals surface area (Å²) in [4.78, 5) is 20.9. The van der Waals surface area contributed by atoms with E-state index in [0.29, 0.717) is 12.4 Å². The summed E-state index contributed by atoms with van der Waals surface area (Å²) in [6.07, 6.45) is 4.40. The number of H-pyrrole nitrogens is 1. The van der Waals surface area contributed by atoms with Crippen molar-refractivity contribution in [1.82, 2.24) is 29.5 Å². The number of fused-ring (bicyclic) bond motifs is 1. The summed E-state index contributed by atoms with van der Waals surface area (Å²) in [5.41, 5.74) is 3.58. The van der Waals surface area contributed by atoms with Crippen LogP contribution in [0.2, 0.25) is 5.28 Å². The molecule has 3 aromatic heterocycles. The van der Waals surface area contributed by atoms with Gasteiger partial charge in [-0.3, -0.25) is 0 Å². The van der Waals surface area contributed by atoms with Crippen LogP contribution in [0.15, 0.2) is 42.9 Å². The van der Waals surface area contributed by atoms with E-state index in [4.69, 9.17) is 11.6 Å². The molecule has 1 aromatic carbocycles. The van der Waals surface area contributed by atoms with E-state index in [0.717, 1.165) is 34.7 Å². The molecule has 0 aliphatic heterocycles. The zero-order chi connectivity index (χ0) is 18.8. The SMILES string of the molecule is CC(C)n1cnc2c(NCCc3cnc(-c4ccccc4)[nH]3)nc(Cl)nc21. The van der Waals surface area contributed by atoms with Crippen LogP contribution in [-0.2, 0) is 6.42 Å². The van der Waals surface area contributed by atoms with Crippen LogP contribution >= 0.6 is 11.6 Å². The third-order valence-electron chi connectivity index (χ3n) is 4.31. The van der Waals surface area contributed by atoms with Gasteiger partial charge in [0, 0.05) is 36.5 Å². The second-order valence-electron chi connectivity index (χ2n) is 6.56. The standard InChI is InChI=1S/C19H20ClN7/c1-12(2)27-11-23-15-17(25-19(20)26-18(15)27)21-9-8-14-10-22-16(24-14)13-6-4-3-5-7-13/h3-7,10-12H,8-9H2,1-2H3,(H,22,24)(H,21,25,26). The van der Waals surface area contributed by atoms with Crippen molar-refractivity contribution in [1.29, 1.82) is 0 Å². The molecule has 7 nitrogen and oxygen atoms in total. The molecule has 0 radical (unpaired) electrons. The number of halogens is 1. The first kappa shape index (κ1) is 17.5. The second-order valence-corrected chi connectivity index (χ2v) is 6.90. The molecule has 4 rings (SSSR count). The van der Waals surface area contributed by atoms with Gasteiger partial charge in [0.1, 0.15) is 5.82 Å². The first-order valence-corrected chi connectivity index (χ1v) is 9.23. The van der Waals surface area contributed by atoms with Crippen molar-refractivity contribution < 1.29 is 0 Å². The van der Waals surface area contributed by atoms with Gasteiger partial charge < -0.3 is 14.9 Å². The molecule has 0 aliphatic carbocycles. The van der Waals surface area contributed by atoms with Gasteiger partial charge in [0.2, 0.25) is 5.28 Å². The Labute approximate surface area is 161 Å². The average molecular weight is 382 g/mol. The van der Waals surface area contributed by atoms with Gasteiger partial charge in [0.25, 0.3) is 0 Å². The van der Waals surface area contributed by atoms with Gasteiger partial charge in [-0.15, -0.1) is 0 Å². The van der Waals surface area contributed by atoms with Crippen LogP contribution in [-0.4, -0.2) is 36.0 Å². The Balaban J connectivity index is 1.48. The number of benzene rings is 1. The number of aromatic nitrogens is 6. The van der Waals surface area contributed by atoms with Crippen LogP contribution in [0.4, 0.5) is 5.82 Å². The first-order valence-electron chi connectivity index (χ1n) is 8.85. The van der Waals surface area contributed by atoms with Crippen molar-refractivity contribution in [2.75, 3.05) is 11.9 Å². The van der Waals surface area contributed by atoms with E-state index in [2.05, 4.69) is 44.1 Å². The minimum Gasteiger partial charge on any atom is -0.368 e. The highest BCUT2D eigenvalue weighted by Crippen LogP contribution is 2.23. The Morgan fingerprint density at radius 1 is 1.15 bits per heavy atom. The number of anilines is 1. The van der Waals surface area contributed by atoms with Gasteiger partial charge in [-0.25, -0.2) is 9.97 Å². The lowest BCUT2D eigenvalue weighted by Gasteiger charge is -2.09. The summed E-state index contributed by atoms with van der Waals surface area (Å²) in [5.74, 6) is 1.51. The van der Waals surface area contributed by atoms with Crippen LogP contribution in [0.1, 0.15) is 25.6 Å². The van der Waals surface area contributed by atoms with E-state index in [1.165, 1.54) is 0 Å². The molecule has 0 amide bonds. The van der Waals surface area contributed by atoms with Crippen molar-refractivity contribution in [3.63, 3.8) is 0 Å². The van der Waals surface area contributed by atoms with Crippen molar-refractivity contribution >= 4 is 28.6 Å². The molecule has 0 unspecified atom stereocenters. The van der Waals surface area contributed by atoms with Gasteiger partial charge in [0.05, 0.1) is 6.33 Å². The van der Waals surface area contributed by atoms with E-state index in [1.54, 1.807) is 6.33 Å². The van der Waals surface area contributed by atoms with E-state index in [1.807, 2.05) is 41.1 Å². The number of rotatable bonds is 6. The van der Waals surface area contributed by atoms with E-state index < -0.39 is 0 Å². The molecule has 27 heavy (non-hydrogen) atoms. The molecule has 0 fully saturated rings. The Morgan fingerprint density at radius 3 is 2.74 bits per heavy atom. The number of hydrogen-bond acceptors (Lipinski definition) is 5. The predicted molar refractivity (Wildman–Crippen MR) is 107 cm³/mol. The fourth-order valence-corrected chi connectivity index (χ4v) is 3.10. The van der Waals surface area contributed by atoms with Crippen molar-refractivity contribution in [2.24, 2.45) is 0 Å². The molecule has 0 bridgehead atoms. The lowest BCUT2D eigenvalue weighted by molar-refractivity contribution is 0.612. The molecule has 0 aliphatic rings. The van der Waals surface area contributed by atoms with Crippen LogP contribution < -0.4 is 5.32 Å². The van der Waals surface area contributed by atoms with Gasteiger partial charge in [-0.05, 0) is 25.4 Å². The summed E-state index contributed by atoms with van der Waals surface area (Å²) in [7, 11) is 0. The molecule has 8 heteroatoms. The largest absolute Gasteiger partial charge is 0.368 e. The van der Waals surface area contributed by atoms with Gasteiger partial charge in [0.15, 0.2) is 17.0 Å². The van der Waals surface area contributed by atoms with Crippen LogP contribution in [0.25, 0.3) is 22.6 Å². The molecule has 0 spiro atoms. The maximum Gasteiger partial charge on any atom is 0.226 e. The normalized spacial score (nSPS) is 11.4. The third-order valence-corrected chi connectivity index (χ3v) is 4.48. The summed E-state index contributed by atoms with van der Waals surface area (Å²) < 4.78 is 1.98. The fourth-order valence-electron chi connectivity index (χ4n) is 2.94. The van der Waals surface area contributed by atoms with Crippen LogP contribution in [0.3, 0.4) is 0 Å². The molecule has 3 heterocycles. The summed E-state index contributed by atoms with van der Waals surface area (Å²) in [6.45, 7) is 4.83. The highest BCUT2D eigenvalue weighted by molar-refractivity contribution is 6.28. The van der Waals surface area contributed by atoms with Gasteiger partial charge in [-0.2, -0.15) is 9.97 Å². The lowest BCUT2D eigenvalue weighted by Crippen LogP contribution is -2.08. The first-order chi connectivity index (χ1) is 13.1. The van der Waals surface area contributed by atoms with Gasteiger partial charge in [-0.1, -0.05) is 30.3 Å². The summed E-state index contributed by atoms with van der Waals surface area (Å²) >= 11 is 6.10. The fraction of sp³-hybridized carbons (Fsp3) is 0.263. The average Bonchev–Trinajstić information content (AvgIpc) is 3.29. The number of nitrogens with zero attached hydrogens (tertiary/aromatic N) is 5. The number of hydrogen-bond donors (Lipinski definition) is 2. The smallest absolute Gasteiger partial charge is 0.226 e. The number of aromatic amines is 1. The quantitative estimate of drug-likeness (QED) is 0.491. The zero-order valence-electron chi connectivity index (χ0n) is 15.1. The Bertz CT molecular complexity index is 1050. The number of imidazole rings is 2. The van der Waals surface area contributed by atoms with Crippen molar-refractivity contribution in [3.8, 4) is 11.4 Å². The van der Waals surface area contributed by atoms with Crippen LogP contribution in [0, 0.1) is 0 Å². The third kappa shape index (κ3) is 3.64. The minimum atomic E-state index is 0.209. The predicted octanol–water partition coefficient (Wildman–Crippen LogP) is 4.11. The summed E-state index contributed by atoms with van der Waals surface area (Å²) in [5, 5.41) is 3.53. The van der Waals surface area contributed by atoms with E-state index >= 15 is 0 Å². The van der Waals surface area contributed by atoms with Gasteiger partial charge >= 0.3 is 0 Å². The monoisotopic (exact) mass is 381 g/mol. The molecular formula is C19H20ClN7. The highest BCUT2D eigenvalue weighted by Gasteiger charge is 2.14.